The van der Waals surface area contributed by atoms with E-state index in [1.54, 1.807) is 6.08 Å². The minimum absolute atomic E-state index is 0.0284. The van der Waals surface area contributed by atoms with Gasteiger partial charge in [0, 0.05) is 19.6 Å². The molecule has 3 fully saturated rings. The maximum Gasteiger partial charge on any atom is 0.420 e. The summed E-state index contributed by atoms with van der Waals surface area (Å²) in [7, 11) is 1.27. The van der Waals surface area contributed by atoms with Crippen LogP contribution in [-0.4, -0.2) is 30.1 Å². The summed E-state index contributed by atoms with van der Waals surface area (Å²) in [5.74, 6) is 1.15. The molecular weight excluding hydrogens is 379 g/mol. The molecule has 3 nitrogen and oxygen atoms in total. The van der Waals surface area contributed by atoms with Crippen molar-refractivity contribution in [3.05, 3.63) is 23.3 Å². The Morgan fingerprint density at radius 2 is 1.93 bits per heavy atom. The molecule has 7 atom stereocenters. The van der Waals surface area contributed by atoms with Crippen LogP contribution < -0.4 is 0 Å². The highest BCUT2D eigenvalue weighted by molar-refractivity contribution is 5.33. The molecule has 0 saturated heterocycles. The first-order valence-corrected chi connectivity index (χ1v) is 10.6. The van der Waals surface area contributed by atoms with Gasteiger partial charge in [0.05, 0.1) is 12.2 Å². The summed E-state index contributed by atoms with van der Waals surface area (Å²) in [5.41, 5.74) is -1.18. The summed E-state index contributed by atoms with van der Waals surface area (Å²) >= 11 is 0. The van der Waals surface area contributed by atoms with Gasteiger partial charge in [0.1, 0.15) is 0 Å². The molecule has 0 aliphatic heterocycles. The number of hydrogen-bond donors (Lipinski definition) is 1. The maximum absolute atomic E-state index is 13.7. The summed E-state index contributed by atoms with van der Waals surface area (Å²) in [4.78, 5) is 0. The third-order valence-corrected chi connectivity index (χ3v) is 9.09. The van der Waals surface area contributed by atoms with Crippen LogP contribution in [-0.2, 0) is 4.74 Å². The smallest absolute Gasteiger partial charge is 0.378 e. The Morgan fingerprint density at radius 1 is 1.24 bits per heavy atom. The molecule has 0 heterocycles. The zero-order valence-corrected chi connectivity index (χ0v) is 17.4. The van der Waals surface area contributed by atoms with E-state index in [1.807, 2.05) is 6.08 Å². The van der Waals surface area contributed by atoms with Crippen molar-refractivity contribution in [3.8, 4) is 6.07 Å². The fourth-order valence-corrected chi connectivity index (χ4v) is 7.40. The quantitative estimate of drug-likeness (QED) is 0.471. The zero-order chi connectivity index (χ0) is 21.2. The molecule has 0 spiro atoms. The Hall–Kier alpha value is -1.32. The van der Waals surface area contributed by atoms with E-state index in [2.05, 4.69) is 19.9 Å². The second-order valence-corrected chi connectivity index (χ2v) is 10.1. The average Bonchev–Trinajstić information content (AvgIpc) is 2.98. The predicted octanol–water partition coefficient (Wildman–Crippen LogP) is 5.32. The van der Waals surface area contributed by atoms with Crippen LogP contribution in [0, 0.1) is 39.9 Å². The zero-order valence-electron chi connectivity index (χ0n) is 17.4. The standard InChI is InChI=1S/C23H30F3NO2/c1-20-10-8-18-16(17(20)7-5-14(20)9-11-27)6-4-15-12-22(28,23(24,25)26)19(29-3)13-21(15,18)2/h4,9,16-19,28H,5-8,10,12-13H2,1-3H3/b14-9-/t16-,17-,18-,19-,20+,21-,22-/m0/s1. The lowest BCUT2D eigenvalue weighted by molar-refractivity contribution is -0.305. The van der Waals surface area contributed by atoms with Gasteiger partial charge in [-0.2, -0.15) is 18.4 Å². The first-order valence-electron chi connectivity index (χ1n) is 10.6. The van der Waals surface area contributed by atoms with Crippen molar-refractivity contribution in [3.63, 3.8) is 0 Å². The van der Waals surface area contributed by atoms with Crippen LogP contribution in [0.4, 0.5) is 13.2 Å². The highest BCUT2D eigenvalue weighted by Gasteiger charge is 2.66. The van der Waals surface area contributed by atoms with E-state index in [9.17, 15) is 18.3 Å². The van der Waals surface area contributed by atoms with Crippen LogP contribution in [0.3, 0.4) is 0 Å². The van der Waals surface area contributed by atoms with Gasteiger partial charge in [0.15, 0.2) is 5.60 Å². The third kappa shape index (κ3) is 2.76. The molecule has 0 aromatic carbocycles. The van der Waals surface area contributed by atoms with Gasteiger partial charge >= 0.3 is 6.18 Å². The summed E-state index contributed by atoms with van der Waals surface area (Å²) < 4.78 is 46.4. The van der Waals surface area contributed by atoms with Gasteiger partial charge in [0.2, 0.25) is 0 Å². The van der Waals surface area contributed by atoms with E-state index in [-0.39, 0.29) is 23.2 Å². The molecule has 1 N–H and O–H groups in total. The largest absolute Gasteiger partial charge is 0.420 e. The number of alkyl halides is 3. The lowest BCUT2D eigenvalue weighted by atomic mass is 9.46. The molecule has 29 heavy (non-hydrogen) atoms. The van der Waals surface area contributed by atoms with Crippen LogP contribution in [0.5, 0.6) is 0 Å². The Morgan fingerprint density at radius 3 is 2.55 bits per heavy atom. The second-order valence-electron chi connectivity index (χ2n) is 10.1. The molecule has 6 heteroatoms. The van der Waals surface area contributed by atoms with Crippen molar-refractivity contribution < 1.29 is 23.0 Å². The molecule has 4 aliphatic rings. The normalized spacial score (nSPS) is 48.3. The molecule has 3 saturated carbocycles. The van der Waals surface area contributed by atoms with Crippen LogP contribution in [0.25, 0.3) is 0 Å². The topological polar surface area (TPSA) is 53.2 Å². The summed E-state index contributed by atoms with van der Waals surface area (Å²) in [5, 5.41) is 19.7. The van der Waals surface area contributed by atoms with Gasteiger partial charge < -0.3 is 9.84 Å². The van der Waals surface area contributed by atoms with Crippen LogP contribution in [0.2, 0.25) is 0 Å². The Labute approximate surface area is 170 Å². The van der Waals surface area contributed by atoms with Gasteiger partial charge in [-0.25, -0.2) is 0 Å². The van der Waals surface area contributed by atoms with Gasteiger partial charge in [0.25, 0.3) is 0 Å². The number of halogens is 3. The van der Waals surface area contributed by atoms with Gasteiger partial charge in [-0.05, 0) is 67.1 Å². The summed E-state index contributed by atoms with van der Waals surface area (Å²) in [6.07, 6.45) is 2.19. The number of rotatable bonds is 1. The van der Waals surface area contributed by atoms with Crippen LogP contribution in [0.15, 0.2) is 23.3 Å². The number of hydrogen-bond acceptors (Lipinski definition) is 3. The van der Waals surface area contributed by atoms with Crippen molar-refractivity contribution in [2.45, 2.75) is 76.7 Å². The molecule has 4 aliphatic carbocycles. The van der Waals surface area contributed by atoms with Gasteiger partial charge in [-0.1, -0.05) is 31.1 Å². The fraction of sp³-hybridized carbons (Fsp3) is 0.783. The molecule has 160 valence electrons. The number of methoxy groups -OCH3 is 1. The van der Waals surface area contributed by atoms with E-state index in [1.165, 1.54) is 12.7 Å². The second kappa shape index (κ2) is 6.59. The maximum atomic E-state index is 13.7. The molecule has 0 bridgehead atoms. The number of fused-ring (bicyclic) bond motifs is 5. The molecule has 0 aromatic heterocycles. The van der Waals surface area contributed by atoms with Crippen molar-refractivity contribution in [1.29, 1.82) is 5.26 Å². The van der Waals surface area contributed by atoms with Crippen molar-refractivity contribution >= 4 is 0 Å². The van der Waals surface area contributed by atoms with Gasteiger partial charge in [-0.3, -0.25) is 0 Å². The molecular formula is C23H30F3NO2. The fourth-order valence-electron chi connectivity index (χ4n) is 7.40. The number of nitrogens with zero attached hydrogens (tertiary/aromatic N) is 1. The van der Waals surface area contributed by atoms with E-state index in [4.69, 9.17) is 10.00 Å². The highest BCUT2D eigenvalue weighted by Crippen LogP contribution is 2.67. The van der Waals surface area contributed by atoms with Crippen molar-refractivity contribution in [1.82, 2.24) is 0 Å². The summed E-state index contributed by atoms with van der Waals surface area (Å²) in [6, 6.07) is 2.20. The van der Waals surface area contributed by atoms with E-state index in [0.717, 1.165) is 37.7 Å². The van der Waals surface area contributed by atoms with E-state index < -0.39 is 24.3 Å². The van der Waals surface area contributed by atoms with Gasteiger partial charge in [-0.15, -0.1) is 0 Å². The first-order chi connectivity index (χ1) is 13.5. The molecule has 0 aromatic rings. The summed E-state index contributed by atoms with van der Waals surface area (Å²) in [6.45, 7) is 4.36. The lowest BCUT2D eigenvalue weighted by Gasteiger charge is -2.59. The first kappa shape index (κ1) is 20.9. The number of aliphatic hydroxyl groups is 1. The monoisotopic (exact) mass is 409 g/mol. The minimum Gasteiger partial charge on any atom is -0.378 e. The number of allylic oxidation sites excluding steroid dienone is 3. The Kier molecular flexibility index (Phi) is 4.76. The van der Waals surface area contributed by atoms with E-state index in [0.29, 0.717) is 11.8 Å². The SMILES string of the molecule is CO[C@H]1C[C@@]2(C)C(=CC[C@@H]3[C@@H]2CC[C@]2(C)/C(=C\C#N)CC[C@@H]32)C[C@@]1(O)C(F)(F)F. The van der Waals surface area contributed by atoms with Crippen LogP contribution >= 0.6 is 0 Å². The van der Waals surface area contributed by atoms with Crippen molar-refractivity contribution in [2.75, 3.05) is 7.11 Å². The average molecular weight is 409 g/mol. The lowest BCUT2D eigenvalue weighted by Crippen LogP contribution is -2.62. The molecule has 0 radical (unpaired) electrons. The number of nitriles is 1. The molecule has 0 unspecified atom stereocenters. The molecule has 0 amide bonds. The van der Waals surface area contributed by atoms with Crippen LogP contribution in [0.1, 0.15) is 58.8 Å². The Balaban J connectivity index is 1.70. The minimum atomic E-state index is -4.72. The number of ether oxygens (including phenoxy) is 1. The predicted molar refractivity (Wildman–Crippen MR) is 103 cm³/mol. The highest BCUT2D eigenvalue weighted by atomic mass is 19.4. The third-order valence-electron chi connectivity index (χ3n) is 9.09. The van der Waals surface area contributed by atoms with E-state index >= 15 is 0 Å². The van der Waals surface area contributed by atoms with Crippen molar-refractivity contribution in [2.24, 2.45) is 28.6 Å². The Bertz CT molecular complexity index is 797. The molecule has 4 rings (SSSR count).